The van der Waals surface area contributed by atoms with E-state index in [-0.39, 0.29) is 17.5 Å². The molecule has 1 saturated heterocycles. The summed E-state index contributed by atoms with van der Waals surface area (Å²) in [6, 6.07) is 9.22. The second-order valence-electron chi connectivity index (χ2n) is 7.65. The van der Waals surface area contributed by atoms with E-state index in [1.54, 1.807) is 4.90 Å². The molecule has 0 radical (unpaired) electrons. The third-order valence-corrected chi connectivity index (χ3v) is 5.42. The van der Waals surface area contributed by atoms with Gasteiger partial charge in [-0.05, 0) is 31.9 Å². The van der Waals surface area contributed by atoms with Crippen molar-refractivity contribution < 1.29 is 9.59 Å². The predicted molar refractivity (Wildman–Crippen MR) is 103 cm³/mol. The molecule has 0 aromatic heterocycles. The van der Waals surface area contributed by atoms with E-state index in [0.717, 1.165) is 19.3 Å². The number of benzene rings is 1. The zero-order valence-electron chi connectivity index (χ0n) is 15.8. The van der Waals surface area contributed by atoms with Crippen LogP contribution in [-0.4, -0.2) is 42.0 Å². The van der Waals surface area contributed by atoms with Crippen molar-refractivity contribution in [3.05, 3.63) is 35.9 Å². The van der Waals surface area contributed by atoms with Crippen LogP contribution in [-0.2, 0) is 4.79 Å². The maximum Gasteiger partial charge on any atom is 0.253 e. The van der Waals surface area contributed by atoms with Gasteiger partial charge in [0.15, 0.2) is 5.66 Å². The zero-order chi connectivity index (χ0) is 19.3. The number of likely N-dealkylation sites (tertiary alicyclic amines) is 1. The van der Waals surface area contributed by atoms with Crippen LogP contribution in [0.25, 0.3) is 0 Å². The molecule has 1 unspecified atom stereocenters. The molecular weight excluding hydrogens is 340 g/mol. The van der Waals surface area contributed by atoms with Gasteiger partial charge in [0.05, 0.1) is 5.41 Å². The summed E-state index contributed by atoms with van der Waals surface area (Å²) in [5.41, 5.74) is -0.302. The molecule has 1 aromatic carbocycles. The highest BCUT2D eigenvalue weighted by atomic mass is 16.2. The topological polar surface area (TPSA) is 74.1 Å². The number of amides is 2. The molecule has 2 aliphatic rings. The highest BCUT2D eigenvalue weighted by Gasteiger charge is 2.41. The van der Waals surface area contributed by atoms with E-state index in [1.165, 1.54) is 0 Å². The number of terminal acetylenes is 1. The fourth-order valence-corrected chi connectivity index (χ4v) is 3.62. The molecule has 27 heavy (non-hydrogen) atoms. The number of carbonyl (C=O) groups is 2. The van der Waals surface area contributed by atoms with Gasteiger partial charge in [0.2, 0.25) is 5.91 Å². The summed E-state index contributed by atoms with van der Waals surface area (Å²) < 4.78 is 0. The maximum absolute atomic E-state index is 12.8. The van der Waals surface area contributed by atoms with Crippen molar-refractivity contribution in [2.75, 3.05) is 19.6 Å². The lowest BCUT2D eigenvalue weighted by atomic mass is 9.80. The van der Waals surface area contributed by atoms with E-state index in [4.69, 9.17) is 6.42 Å². The molecule has 3 rings (SSSR count). The van der Waals surface area contributed by atoms with Gasteiger partial charge in [-0.15, -0.1) is 12.3 Å². The molecule has 2 heterocycles. The highest BCUT2D eigenvalue weighted by Crippen LogP contribution is 2.36. The molecule has 142 valence electrons. The van der Waals surface area contributed by atoms with Crippen molar-refractivity contribution in [3.8, 4) is 12.3 Å². The number of carbonyl (C=O) groups excluding carboxylic acids is 2. The normalized spacial score (nSPS) is 22.7. The van der Waals surface area contributed by atoms with E-state index in [1.807, 2.05) is 37.3 Å². The van der Waals surface area contributed by atoms with Crippen molar-refractivity contribution in [1.29, 1.82) is 0 Å². The van der Waals surface area contributed by atoms with Gasteiger partial charge in [0, 0.05) is 44.5 Å². The minimum absolute atomic E-state index is 0.0131. The van der Waals surface area contributed by atoms with E-state index in [0.29, 0.717) is 38.0 Å². The Kier molecular flexibility index (Phi) is 5.59. The van der Waals surface area contributed by atoms with Gasteiger partial charge in [0.1, 0.15) is 0 Å². The van der Waals surface area contributed by atoms with Crippen molar-refractivity contribution in [2.45, 2.75) is 44.7 Å². The third-order valence-electron chi connectivity index (χ3n) is 5.42. The van der Waals surface area contributed by atoms with Gasteiger partial charge in [-0.3, -0.25) is 9.59 Å². The van der Waals surface area contributed by atoms with Crippen LogP contribution >= 0.6 is 0 Å². The number of hydrogen-bond donors (Lipinski definition) is 1. The van der Waals surface area contributed by atoms with Crippen molar-refractivity contribution in [2.24, 2.45) is 15.6 Å². The molecule has 2 aliphatic heterocycles. The Labute approximate surface area is 160 Å². The molecule has 0 aliphatic carbocycles. The average Bonchev–Trinajstić information content (AvgIpc) is 3.46. The van der Waals surface area contributed by atoms with Crippen molar-refractivity contribution in [1.82, 2.24) is 10.2 Å². The van der Waals surface area contributed by atoms with Gasteiger partial charge >= 0.3 is 0 Å². The van der Waals surface area contributed by atoms with Gasteiger partial charge in [-0.25, -0.2) is 0 Å². The van der Waals surface area contributed by atoms with Crippen LogP contribution in [0.3, 0.4) is 0 Å². The number of rotatable bonds is 7. The molecule has 0 saturated carbocycles. The van der Waals surface area contributed by atoms with Gasteiger partial charge < -0.3 is 10.2 Å². The second kappa shape index (κ2) is 7.91. The van der Waals surface area contributed by atoms with Crippen LogP contribution in [0.2, 0.25) is 0 Å². The summed E-state index contributed by atoms with van der Waals surface area (Å²) >= 11 is 0. The molecule has 1 fully saturated rings. The van der Waals surface area contributed by atoms with Crippen LogP contribution in [0.4, 0.5) is 0 Å². The second-order valence-corrected chi connectivity index (χ2v) is 7.65. The molecular formula is C21H26N4O2. The van der Waals surface area contributed by atoms with E-state index >= 15 is 0 Å². The van der Waals surface area contributed by atoms with E-state index in [9.17, 15) is 9.59 Å². The molecule has 0 spiro atoms. The fraction of sp³-hybridized carbons (Fsp3) is 0.524. The summed E-state index contributed by atoms with van der Waals surface area (Å²) in [7, 11) is 0. The number of piperidine rings is 1. The Balaban J connectivity index is 1.53. The van der Waals surface area contributed by atoms with Crippen molar-refractivity contribution >= 4 is 11.8 Å². The molecule has 1 atom stereocenters. The standard InChI is InChI=1S/C21H26N4O2/c1-3-4-12-21(23-24-21)13-14-22-19(27)20(2)11-8-15-25(16-20)18(26)17-9-6-5-7-10-17/h1,5-7,9-10H,4,8,11-16H2,2H3,(H,22,27). The SMILES string of the molecule is C#CCCC1(CCNC(=O)C2(C)CCCN(C(=O)c3ccccc3)C2)N=N1. The molecule has 0 bridgehead atoms. The van der Waals surface area contributed by atoms with Crippen LogP contribution in [0.15, 0.2) is 40.6 Å². The summed E-state index contributed by atoms with van der Waals surface area (Å²) in [6.07, 6.45) is 8.93. The first kappa shape index (κ1) is 19.1. The monoisotopic (exact) mass is 366 g/mol. The lowest BCUT2D eigenvalue weighted by molar-refractivity contribution is -0.132. The maximum atomic E-state index is 12.8. The lowest BCUT2D eigenvalue weighted by Crippen LogP contribution is -2.52. The number of nitrogens with zero attached hydrogens (tertiary/aromatic N) is 3. The Morgan fingerprint density at radius 1 is 1.26 bits per heavy atom. The predicted octanol–water partition coefficient (Wildman–Crippen LogP) is 3.01. The summed E-state index contributed by atoms with van der Waals surface area (Å²) in [4.78, 5) is 27.3. The Morgan fingerprint density at radius 2 is 2.00 bits per heavy atom. The number of hydrogen-bond acceptors (Lipinski definition) is 4. The van der Waals surface area contributed by atoms with Crippen LogP contribution in [0, 0.1) is 17.8 Å². The summed E-state index contributed by atoms with van der Waals surface area (Å²) in [6.45, 7) is 3.57. The Bertz CT molecular complexity index is 762. The Morgan fingerprint density at radius 3 is 2.67 bits per heavy atom. The molecule has 6 nitrogen and oxygen atoms in total. The summed E-state index contributed by atoms with van der Waals surface area (Å²) in [5.74, 6) is 2.58. The van der Waals surface area contributed by atoms with Gasteiger partial charge in [-0.1, -0.05) is 18.2 Å². The molecule has 6 heteroatoms. The number of nitrogens with one attached hydrogen (secondary N) is 1. The quantitative estimate of drug-likeness (QED) is 0.753. The van der Waals surface area contributed by atoms with E-state index < -0.39 is 5.41 Å². The lowest BCUT2D eigenvalue weighted by Gasteiger charge is -2.39. The zero-order valence-corrected chi connectivity index (χ0v) is 15.8. The smallest absolute Gasteiger partial charge is 0.253 e. The first-order valence-corrected chi connectivity index (χ1v) is 9.48. The largest absolute Gasteiger partial charge is 0.355 e. The first-order chi connectivity index (χ1) is 13.0. The van der Waals surface area contributed by atoms with Crippen LogP contribution in [0.5, 0.6) is 0 Å². The van der Waals surface area contributed by atoms with Gasteiger partial charge in [0.25, 0.3) is 5.91 Å². The summed E-state index contributed by atoms with van der Waals surface area (Å²) in [5, 5.41) is 11.2. The van der Waals surface area contributed by atoms with E-state index in [2.05, 4.69) is 21.5 Å². The molecule has 1 N–H and O–H groups in total. The van der Waals surface area contributed by atoms with Crippen LogP contribution in [0.1, 0.15) is 49.4 Å². The van der Waals surface area contributed by atoms with Crippen molar-refractivity contribution in [3.63, 3.8) is 0 Å². The molecule has 1 aromatic rings. The fourth-order valence-electron chi connectivity index (χ4n) is 3.62. The average molecular weight is 366 g/mol. The minimum Gasteiger partial charge on any atom is -0.355 e. The minimum atomic E-state index is -0.577. The first-order valence-electron chi connectivity index (χ1n) is 9.48. The van der Waals surface area contributed by atoms with Crippen LogP contribution < -0.4 is 5.32 Å². The third kappa shape index (κ3) is 4.54. The Hall–Kier alpha value is -2.68. The van der Waals surface area contributed by atoms with Gasteiger partial charge in [-0.2, -0.15) is 10.2 Å². The molecule has 2 amide bonds. The highest BCUT2D eigenvalue weighted by molar-refractivity contribution is 5.95.